The second-order valence-corrected chi connectivity index (χ2v) is 4.31. The van der Waals surface area contributed by atoms with Gasteiger partial charge in [-0.3, -0.25) is 4.98 Å². The van der Waals surface area contributed by atoms with Crippen molar-refractivity contribution in [3.05, 3.63) is 29.1 Å². The van der Waals surface area contributed by atoms with Crippen LogP contribution in [0.3, 0.4) is 0 Å². The van der Waals surface area contributed by atoms with Gasteiger partial charge in [0.15, 0.2) is 0 Å². The van der Waals surface area contributed by atoms with Gasteiger partial charge in [0.1, 0.15) is 0 Å². The van der Waals surface area contributed by atoms with Gasteiger partial charge < -0.3 is 9.84 Å². The minimum Gasteiger partial charge on any atom is -0.478 e. The highest BCUT2D eigenvalue weighted by molar-refractivity contribution is 5.89. The molecule has 17 heavy (non-hydrogen) atoms. The molecule has 1 saturated heterocycles. The summed E-state index contributed by atoms with van der Waals surface area (Å²) in [4.78, 5) is 15.4. The third kappa shape index (κ3) is 2.64. The van der Waals surface area contributed by atoms with Gasteiger partial charge >= 0.3 is 5.97 Å². The lowest BCUT2D eigenvalue weighted by Crippen LogP contribution is -2.15. The SMILES string of the molecule is CCc1ncc(C2CCOCC2)cc1C(=O)O. The van der Waals surface area contributed by atoms with Crippen molar-refractivity contribution < 1.29 is 14.6 Å². The van der Waals surface area contributed by atoms with E-state index >= 15 is 0 Å². The maximum Gasteiger partial charge on any atom is 0.337 e. The number of ether oxygens (including phenoxy) is 1. The molecule has 0 aromatic carbocycles. The van der Waals surface area contributed by atoms with Crippen LogP contribution in [0.25, 0.3) is 0 Å². The molecule has 2 rings (SSSR count). The van der Waals surface area contributed by atoms with Gasteiger partial charge in [-0.15, -0.1) is 0 Å². The Hall–Kier alpha value is -1.42. The number of nitrogens with zero attached hydrogens (tertiary/aromatic N) is 1. The summed E-state index contributed by atoms with van der Waals surface area (Å²) in [5, 5.41) is 9.15. The van der Waals surface area contributed by atoms with Crippen LogP contribution in [0, 0.1) is 0 Å². The van der Waals surface area contributed by atoms with E-state index in [9.17, 15) is 4.79 Å². The fraction of sp³-hybridized carbons (Fsp3) is 0.538. The van der Waals surface area contributed by atoms with Crippen LogP contribution in [0.15, 0.2) is 12.3 Å². The maximum atomic E-state index is 11.2. The predicted molar refractivity (Wildman–Crippen MR) is 63.4 cm³/mol. The van der Waals surface area contributed by atoms with E-state index in [1.807, 2.05) is 13.1 Å². The Morgan fingerprint density at radius 2 is 2.24 bits per heavy atom. The molecule has 0 saturated carbocycles. The molecule has 0 radical (unpaired) electrons. The molecule has 4 heteroatoms. The van der Waals surface area contributed by atoms with Crippen LogP contribution >= 0.6 is 0 Å². The van der Waals surface area contributed by atoms with Crippen LogP contribution in [0.5, 0.6) is 0 Å². The van der Waals surface area contributed by atoms with Gasteiger partial charge in [0.25, 0.3) is 0 Å². The van der Waals surface area contributed by atoms with Crippen molar-refractivity contribution in [2.45, 2.75) is 32.1 Å². The molecule has 92 valence electrons. The lowest BCUT2D eigenvalue weighted by atomic mass is 9.91. The number of aromatic nitrogens is 1. The van der Waals surface area contributed by atoms with Gasteiger partial charge in [0, 0.05) is 19.4 Å². The fourth-order valence-electron chi connectivity index (χ4n) is 2.23. The first-order valence-electron chi connectivity index (χ1n) is 6.02. The van der Waals surface area contributed by atoms with Crippen LogP contribution in [0.4, 0.5) is 0 Å². The molecule has 1 fully saturated rings. The van der Waals surface area contributed by atoms with Gasteiger partial charge in [-0.1, -0.05) is 6.92 Å². The Morgan fingerprint density at radius 3 is 2.82 bits per heavy atom. The zero-order chi connectivity index (χ0) is 12.3. The summed E-state index contributed by atoms with van der Waals surface area (Å²) in [6.45, 7) is 3.42. The van der Waals surface area contributed by atoms with Crippen molar-refractivity contribution in [3.63, 3.8) is 0 Å². The van der Waals surface area contributed by atoms with E-state index in [4.69, 9.17) is 9.84 Å². The number of pyridine rings is 1. The molecule has 0 aliphatic carbocycles. The van der Waals surface area contributed by atoms with E-state index in [-0.39, 0.29) is 0 Å². The second-order valence-electron chi connectivity index (χ2n) is 4.31. The quantitative estimate of drug-likeness (QED) is 0.872. The van der Waals surface area contributed by atoms with Gasteiger partial charge in [0.2, 0.25) is 0 Å². The fourth-order valence-corrected chi connectivity index (χ4v) is 2.23. The third-order valence-electron chi connectivity index (χ3n) is 3.25. The molecular formula is C13H17NO3. The first-order valence-corrected chi connectivity index (χ1v) is 6.02. The van der Waals surface area contributed by atoms with Crippen molar-refractivity contribution >= 4 is 5.97 Å². The molecule has 0 atom stereocenters. The largest absolute Gasteiger partial charge is 0.478 e. The summed E-state index contributed by atoms with van der Waals surface area (Å²) in [5.41, 5.74) is 2.03. The van der Waals surface area contributed by atoms with Crippen LogP contribution in [0.1, 0.15) is 47.3 Å². The molecule has 4 nitrogen and oxygen atoms in total. The topological polar surface area (TPSA) is 59.4 Å². The van der Waals surface area contributed by atoms with Crippen molar-refractivity contribution in [1.82, 2.24) is 4.98 Å². The minimum atomic E-state index is -0.886. The highest BCUT2D eigenvalue weighted by Gasteiger charge is 2.19. The van der Waals surface area contributed by atoms with E-state index in [1.165, 1.54) is 0 Å². The number of hydrogen-bond donors (Lipinski definition) is 1. The average molecular weight is 235 g/mol. The van der Waals surface area contributed by atoms with E-state index in [2.05, 4.69) is 4.98 Å². The van der Waals surface area contributed by atoms with Gasteiger partial charge in [-0.25, -0.2) is 4.79 Å². The summed E-state index contributed by atoms with van der Waals surface area (Å²) in [6.07, 6.45) is 4.37. The van der Waals surface area contributed by atoms with Crippen LogP contribution in [0.2, 0.25) is 0 Å². The number of aryl methyl sites for hydroxylation is 1. The van der Waals surface area contributed by atoms with Crippen LogP contribution < -0.4 is 0 Å². The first-order chi connectivity index (χ1) is 8.22. The molecule has 0 amide bonds. The molecule has 1 aliphatic rings. The van der Waals surface area contributed by atoms with E-state index in [0.717, 1.165) is 31.6 Å². The summed E-state index contributed by atoms with van der Waals surface area (Å²) in [6, 6.07) is 1.78. The normalized spacial score (nSPS) is 17.0. The number of carboxylic acids is 1. The predicted octanol–water partition coefficient (Wildman–Crippen LogP) is 2.24. The average Bonchev–Trinajstić information content (AvgIpc) is 2.39. The van der Waals surface area contributed by atoms with Gasteiger partial charge in [-0.2, -0.15) is 0 Å². The number of hydrogen-bond acceptors (Lipinski definition) is 3. The Labute approximate surface area is 101 Å². The summed E-state index contributed by atoms with van der Waals surface area (Å²) < 4.78 is 5.31. The number of aromatic carboxylic acids is 1. The number of rotatable bonds is 3. The molecule has 1 aromatic heterocycles. The van der Waals surface area contributed by atoms with Gasteiger partial charge in [0.05, 0.1) is 11.3 Å². The lowest BCUT2D eigenvalue weighted by Gasteiger charge is -2.22. The van der Waals surface area contributed by atoms with Crippen molar-refractivity contribution in [3.8, 4) is 0 Å². The highest BCUT2D eigenvalue weighted by Crippen LogP contribution is 2.27. The molecular weight excluding hydrogens is 218 g/mol. The Morgan fingerprint density at radius 1 is 1.53 bits per heavy atom. The Kier molecular flexibility index (Phi) is 3.74. The molecule has 0 bridgehead atoms. The summed E-state index contributed by atoms with van der Waals surface area (Å²) >= 11 is 0. The molecule has 2 heterocycles. The number of carbonyl (C=O) groups is 1. The van der Waals surface area contributed by atoms with E-state index < -0.39 is 5.97 Å². The maximum absolute atomic E-state index is 11.2. The highest BCUT2D eigenvalue weighted by atomic mass is 16.5. The van der Waals surface area contributed by atoms with Crippen molar-refractivity contribution in [1.29, 1.82) is 0 Å². The standard InChI is InChI=1S/C13H17NO3/c1-2-12-11(13(15)16)7-10(8-14-12)9-3-5-17-6-4-9/h7-9H,2-6H2,1H3,(H,15,16). The minimum absolute atomic E-state index is 0.344. The van der Waals surface area contributed by atoms with Crippen LogP contribution in [-0.2, 0) is 11.2 Å². The second kappa shape index (κ2) is 5.27. The smallest absolute Gasteiger partial charge is 0.337 e. The lowest BCUT2D eigenvalue weighted by molar-refractivity contribution is 0.0694. The van der Waals surface area contributed by atoms with E-state index in [0.29, 0.717) is 23.6 Å². The summed E-state index contributed by atoms with van der Waals surface area (Å²) in [5.74, 6) is -0.497. The molecule has 1 aliphatic heterocycles. The zero-order valence-corrected chi connectivity index (χ0v) is 9.98. The summed E-state index contributed by atoms with van der Waals surface area (Å²) in [7, 11) is 0. The van der Waals surface area contributed by atoms with Crippen molar-refractivity contribution in [2.24, 2.45) is 0 Å². The molecule has 0 spiro atoms. The van der Waals surface area contributed by atoms with Crippen molar-refractivity contribution in [2.75, 3.05) is 13.2 Å². The number of carboxylic acid groups (broad SMARTS) is 1. The Balaban J connectivity index is 2.29. The monoisotopic (exact) mass is 235 g/mol. The third-order valence-corrected chi connectivity index (χ3v) is 3.25. The van der Waals surface area contributed by atoms with E-state index in [1.54, 1.807) is 6.07 Å². The molecule has 1 aromatic rings. The first kappa shape index (κ1) is 12.0. The van der Waals surface area contributed by atoms with Crippen LogP contribution in [-0.4, -0.2) is 29.3 Å². The van der Waals surface area contributed by atoms with Gasteiger partial charge in [-0.05, 0) is 36.8 Å². The molecule has 0 unspecified atom stereocenters. The zero-order valence-electron chi connectivity index (χ0n) is 9.98. The Bertz CT molecular complexity index is 411. The molecule has 1 N–H and O–H groups in total.